The van der Waals surface area contributed by atoms with Gasteiger partial charge in [-0.25, -0.2) is 0 Å². The van der Waals surface area contributed by atoms with Gasteiger partial charge < -0.3 is 20.6 Å². The van der Waals surface area contributed by atoms with Crippen LogP contribution >= 0.6 is 0 Å². The van der Waals surface area contributed by atoms with E-state index in [4.69, 9.17) is 5.73 Å². The van der Waals surface area contributed by atoms with E-state index in [1.54, 1.807) is 0 Å². The summed E-state index contributed by atoms with van der Waals surface area (Å²) in [6.07, 6.45) is 1.67. The van der Waals surface area contributed by atoms with Crippen molar-refractivity contribution in [3.63, 3.8) is 0 Å². The van der Waals surface area contributed by atoms with Crippen molar-refractivity contribution in [1.82, 2.24) is 14.7 Å². The van der Waals surface area contributed by atoms with Crippen molar-refractivity contribution in [3.05, 3.63) is 35.9 Å². The number of likely N-dealkylation sites (tertiary alicyclic amines) is 3. The average Bonchev–Trinajstić information content (AvgIpc) is 2.96. The molecular weight excluding hydrogens is 380 g/mol. The summed E-state index contributed by atoms with van der Waals surface area (Å²) in [6, 6.07) is 10.6. The summed E-state index contributed by atoms with van der Waals surface area (Å²) >= 11 is 0. The largest absolute Gasteiger partial charge is 0.393 e. The molecule has 3 saturated heterocycles. The van der Waals surface area contributed by atoms with Gasteiger partial charge in [0, 0.05) is 43.4 Å². The summed E-state index contributed by atoms with van der Waals surface area (Å²) in [5.74, 6) is 0.260. The Hall–Kier alpha value is -1.96. The molecule has 0 unspecified atom stereocenters. The van der Waals surface area contributed by atoms with Crippen molar-refractivity contribution in [2.45, 2.75) is 37.3 Å². The zero-order valence-electron chi connectivity index (χ0n) is 17.8. The number of hydrogen-bond acceptors (Lipinski definition) is 5. The average molecular weight is 415 g/mol. The topological polar surface area (TPSA) is 90.1 Å². The number of carbonyl (C=O) groups excluding carboxylic acids is 2. The quantitative estimate of drug-likeness (QED) is 0.749. The number of primary amides is 1. The first-order valence-corrected chi connectivity index (χ1v) is 11.2. The van der Waals surface area contributed by atoms with Crippen LogP contribution in [0.15, 0.2) is 30.3 Å². The molecule has 0 aliphatic carbocycles. The van der Waals surface area contributed by atoms with Crippen LogP contribution in [0, 0.1) is 11.8 Å². The summed E-state index contributed by atoms with van der Waals surface area (Å²) in [6.45, 7) is 4.01. The maximum absolute atomic E-state index is 13.1. The van der Waals surface area contributed by atoms with Gasteiger partial charge in [-0.1, -0.05) is 30.3 Å². The Balaban J connectivity index is 1.40. The molecule has 0 saturated carbocycles. The minimum absolute atomic E-state index is 0.0625. The molecule has 0 bridgehead atoms. The first kappa shape index (κ1) is 21.3. The second kappa shape index (κ2) is 9.04. The molecule has 3 fully saturated rings. The van der Waals surface area contributed by atoms with Crippen LogP contribution in [0.3, 0.4) is 0 Å². The molecule has 1 aromatic carbocycles. The monoisotopic (exact) mass is 414 g/mol. The van der Waals surface area contributed by atoms with Crippen LogP contribution in [-0.2, 0) is 9.59 Å². The Kier molecular flexibility index (Phi) is 6.41. The minimum Gasteiger partial charge on any atom is -0.393 e. The maximum atomic E-state index is 13.1. The van der Waals surface area contributed by atoms with E-state index in [0.29, 0.717) is 32.0 Å². The van der Waals surface area contributed by atoms with Crippen molar-refractivity contribution in [2.75, 3.05) is 46.3 Å². The number of piperidine rings is 1. The molecule has 7 nitrogen and oxygen atoms in total. The van der Waals surface area contributed by atoms with Gasteiger partial charge in [0.2, 0.25) is 11.8 Å². The highest BCUT2D eigenvalue weighted by Crippen LogP contribution is 2.41. The van der Waals surface area contributed by atoms with Crippen LogP contribution in [0.1, 0.15) is 30.7 Å². The minimum atomic E-state index is -0.408. The molecule has 1 aromatic rings. The van der Waals surface area contributed by atoms with Gasteiger partial charge in [-0.3, -0.25) is 14.5 Å². The molecule has 7 heteroatoms. The molecule has 4 rings (SSSR count). The summed E-state index contributed by atoms with van der Waals surface area (Å²) in [4.78, 5) is 30.8. The normalized spacial score (nSPS) is 31.3. The van der Waals surface area contributed by atoms with Gasteiger partial charge >= 0.3 is 0 Å². The number of fused-ring (bicyclic) bond motifs is 1. The summed E-state index contributed by atoms with van der Waals surface area (Å²) in [5.41, 5.74) is 6.69. The first-order valence-electron chi connectivity index (χ1n) is 11.2. The predicted molar refractivity (Wildman–Crippen MR) is 115 cm³/mol. The van der Waals surface area contributed by atoms with Crippen molar-refractivity contribution < 1.29 is 14.7 Å². The molecule has 4 atom stereocenters. The highest BCUT2D eigenvalue weighted by molar-refractivity contribution is 5.79. The number of hydrogen-bond donors (Lipinski definition) is 2. The zero-order chi connectivity index (χ0) is 21.3. The lowest BCUT2D eigenvalue weighted by Gasteiger charge is -2.33. The summed E-state index contributed by atoms with van der Waals surface area (Å²) < 4.78 is 0. The van der Waals surface area contributed by atoms with Crippen LogP contribution in [0.5, 0.6) is 0 Å². The van der Waals surface area contributed by atoms with Crippen LogP contribution in [-0.4, -0.2) is 90.1 Å². The first-order chi connectivity index (χ1) is 14.4. The third-order valence-electron chi connectivity index (χ3n) is 7.44. The smallest absolute Gasteiger partial charge is 0.236 e. The van der Waals surface area contributed by atoms with Crippen molar-refractivity contribution in [2.24, 2.45) is 17.6 Å². The number of benzene rings is 1. The molecule has 3 aliphatic rings. The molecule has 3 aliphatic heterocycles. The van der Waals surface area contributed by atoms with E-state index < -0.39 is 6.10 Å². The van der Waals surface area contributed by atoms with Crippen LogP contribution in [0.25, 0.3) is 0 Å². The highest BCUT2D eigenvalue weighted by Gasteiger charge is 2.47. The summed E-state index contributed by atoms with van der Waals surface area (Å²) in [7, 11) is 2.11. The van der Waals surface area contributed by atoms with E-state index in [2.05, 4.69) is 41.1 Å². The Morgan fingerprint density at radius 2 is 1.77 bits per heavy atom. The SMILES string of the molecule is CN1C[C@@H](c2ccccc2)[C@@H]2[C@H](O)CCN(C(=O)CN3CCC(C(N)=O)CC3)C[C@H]21. The molecular formula is C23H34N4O3. The Bertz CT molecular complexity index is 750. The summed E-state index contributed by atoms with van der Waals surface area (Å²) in [5, 5.41) is 11.0. The lowest BCUT2D eigenvalue weighted by atomic mass is 9.81. The fraction of sp³-hybridized carbons (Fsp3) is 0.652. The van der Waals surface area contributed by atoms with Gasteiger partial charge in [-0.2, -0.15) is 0 Å². The van der Waals surface area contributed by atoms with Gasteiger partial charge in [0.05, 0.1) is 12.6 Å². The van der Waals surface area contributed by atoms with Crippen molar-refractivity contribution >= 4 is 11.8 Å². The van der Waals surface area contributed by atoms with E-state index in [0.717, 1.165) is 32.5 Å². The Morgan fingerprint density at radius 1 is 1.07 bits per heavy atom. The standard InChI is InChI=1S/C23H34N4O3/c1-25-13-18(16-5-3-2-4-6-16)22-19(25)14-27(12-9-20(22)28)21(29)15-26-10-7-17(8-11-26)23(24)30/h2-6,17-20,22,28H,7-15H2,1H3,(H2,24,30)/t18-,19+,20+,22-/m0/s1. The van der Waals surface area contributed by atoms with E-state index >= 15 is 0 Å². The number of aliphatic hydroxyl groups excluding tert-OH is 1. The number of likely N-dealkylation sites (N-methyl/N-ethyl adjacent to an activating group) is 1. The molecule has 30 heavy (non-hydrogen) atoms. The molecule has 3 N–H and O–H groups in total. The lowest BCUT2D eigenvalue weighted by Crippen LogP contribution is -2.48. The molecule has 0 radical (unpaired) electrons. The van der Waals surface area contributed by atoms with Gasteiger partial charge in [0.25, 0.3) is 0 Å². The van der Waals surface area contributed by atoms with Crippen molar-refractivity contribution in [1.29, 1.82) is 0 Å². The predicted octanol–water partition coefficient (Wildman–Crippen LogP) is 0.491. The zero-order valence-corrected chi connectivity index (χ0v) is 17.8. The third-order valence-corrected chi connectivity index (χ3v) is 7.44. The van der Waals surface area contributed by atoms with E-state index in [-0.39, 0.29) is 29.7 Å². The fourth-order valence-electron chi connectivity index (χ4n) is 5.63. The molecule has 3 heterocycles. The second-order valence-corrected chi connectivity index (χ2v) is 9.25. The van der Waals surface area contributed by atoms with E-state index in [1.807, 2.05) is 11.0 Å². The number of nitrogens with zero attached hydrogens (tertiary/aromatic N) is 3. The van der Waals surface area contributed by atoms with Gasteiger partial charge in [0.15, 0.2) is 0 Å². The Morgan fingerprint density at radius 3 is 2.43 bits per heavy atom. The van der Waals surface area contributed by atoms with Gasteiger partial charge in [-0.05, 0) is 45.0 Å². The van der Waals surface area contributed by atoms with E-state index in [1.165, 1.54) is 5.56 Å². The molecule has 0 spiro atoms. The van der Waals surface area contributed by atoms with Crippen LogP contribution in [0.2, 0.25) is 0 Å². The number of rotatable bonds is 4. The number of amides is 2. The van der Waals surface area contributed by atoms with Crippen LogP contribution < -0.4 is 5.73 Å². The molecule has 2 amide bonds. The number of aliphatic hydroxyl groups is 1. The number of carbonyl (C=O) groups is 2. The second-order valence-electron chi connectivity index (χ2n) is 9.25. The lowest BCUT2D eigenvalue weighted by molar-refractivity contribution is -0.133. The highest BCUT2D eigenvalue weighted by atomic mass is 16.3. The molecule has 0 aromatic heterocycles. The number of nitrogens with two attached hydrogens (primary N) is 1. The van der Waals surface area contributed by atoms with Crippen molar-refractivity contribution in [3.8, 4) is 0 Å². The van der Waals surface area contributed by atoms with Gasteiger partial charge in [0.1, 0.15) is 0 Å². The molecule has 164 valence electrons. The Labute approximate surface area is 178 Å². The maximum Gasteiger partial charge on any atom is 0.236 e. The fourth-order valence-corrected chi connectivity index (χ4v) is 5.63. The third kappa shape index (κ3) is 4.38. The van der Waals surface area contributed by atoms with E-state index in [9.17, 15) is 14.7 Å². The van der Waals surface area contributed by atoms with Gasteiger partial charge in [-0.15, -0.1) is 0 Å². The van der Waals surface area contributed by atoms with Crippen LogP contribution in [0.4, 0.5) is 0 Å².